The van der Waals surface area contributed by atoms with E-state index in [2.05, 4.69) is 20.4 Å². The molecule has 0 atom stereocenters. The van der Waals surface area contributed by atoms with Crippen LogP contribution in [0.2, 0.25) is 0 Å². The van der Waals surface area contributed by atoms with Crippen LogP contribution in [0.3, 0.4) is 0 Å². The fourth-order valence-electron chi connectivity index (χ4n) is 1.30. The molecule has 9 heteroatoms. The molecule has 0 radical (unpaired) electrons. The molecule has 0 saturated heterocycles. The number of azo groups is 1. The molecule has 0 aliphatic rings. The number of nitro benzene ring substituents is 1. The molecule has 1 aromatic carbocycles. The van der Waals surface area contributed by atoms with Crippen LogP contribution < -0.4 is 11.5 Å². The van der Waals surface area contributed by atoms with Gasteiger partial charge in [-0.25, -0.2) is 0 Å². The highest BCUT2D eigenvalue weighted by Crippen LogP contribution is 2.37. The Bertz CT molecular complexity index is 606. The van der Waals surface area contributed by atoms with E-state index in [0.717, 1.165) is 0 Å². The van der Waals surface area contributed by atoms with Gasteiger partial charge >= 0.3 is 5.69 Å². The van der Waals surface area contributed by atoms with Crippen LogP contribution in [0.5, 0.6) is 0 Å². The third kappa shape index (κ3) is 2.09. The number of rotatable bonds is 3. The van der Waals surface area contributed by atoms with Crippen molar-refractivity contribution in [2.24, 2.45) is 10.2 Å². The minimum Gasteiger partial charge on any atom is -0.397 e. The van der Waals surface area contributed by atoms with Gasteiger partial charge in [-0.05, 0) is 12.1 Å². The molecule has 5 N–H and O–H groups in total. The van der Waals surface area contributed by atoms with E-state index in [9.17, 15) is 10.1 Å². The molecule has 92 valence electrons. The van der Waals surface area contributed by atoms with Crippen molar-refractivity contribution >= 4 is 28.6 Å². The zero-order chi connectivity index (χ0) is 13.1. The van der Waals surface area contributed by atoms with Crippen LogP contribution in [0, 0.1) is 10.1 Å². The fraction of sp³-hybridized carbons (Fsp3) is 0. The molecule has 0 spiro atoms. The van der Waals surface area contributed by atoms with Gasteiger partial charge in [-0.3, -0.25) is 15.2 Å². The molecule has 0 saturated carbocycles. The number of nitro groups is 1. The molecule has 0 amide bonds. The molecule has 0 aliphatic carbocycles. The second kappa shape index (κ2) is 4.49. The lowest BCUT2D eigenvalue weighted by molar-refractivity contribution is -0.383. The molecule has 0 unspecified atom stereocenters. The van der Waals surface area contributed by atoms with Gasteiger partial charge in [-0.2, -0.15) is 5.10 Å². The van der Waals surface area contributed by atoms with Crippen LogP contribution in [0.15, 0.2) is 34.6 Å². The quantitative estimate of drug-likeness (QED) is 0.327. The van der Waals surface area contributed by atoms with E-state index < -0.39 is 4.92 Å². The number of nitrogens with one attached hydrogen (secondary N) is 1. The molecule has 2 aromatic rings. The molecular weight excluding hydrogens is 238 g/mol. The van der Waals surface area contributed by atoms with Crippen molar-refractivity contribution in [3.8, 4) is 0 Å². The molecular formula is C9H9N7O2. The van der Waals surface area contributed by atoms with Gasteiger partial charge < -0.3 is 11.5 Å². The number of anilines is 2. The number of H-pyrrole nitrogens is 1. The number of aromatic amines is 1. The summed E-state index contributed by atoms with van der Waals surface area (Å²) in [5, 5.41) is 24.6. The summed E-state index contributed by atoms with van der Waals surface area (Å²) in [5.74, 6) is 0.375. The van der Waals surface area contributed by atoms with Crippen LogP contribution in [0.1, 0.15) is 0 Å². The van der Waals surface area contributed by atoms with Crippen LogP contribution in [-0.2, 0) is 0 Å². The van der Waals surface area contributed by atoms with Crippen molar-refractivity contribution < 1.29 is 4.92 Å². The molecule has 0 fully saturated rings. The summed E-state index contributed by atoms with van der Waals surface area (Å²) in [6.07, 6.45) is 1.49. The molecule has 18 heavy (non-hydrogen) atoms. The van der Waals surface area contributed by atoms with Crippen molar-refractivity contribution in [3.63, 3.8) is 0 Å². The van der Waals surface area contributed by atoms with E-state index in [1.807, 2.05) is 0 Å². The molecule has 2 rings (SSSR count). The Morgan fingerprint density at radius 2 is 2.06 bits per heavy atom. The van der Waals surface area contributed by atoms with Gasteiger partial charge in [0.25, 0.3) is 0 Å². The van der Waals surface area contributed by atoms with Crippen molar-refractivity contribution in [2.75, 3.05) is 11.5 Å². The summed E-state index contributed by atoms with van der Waals surface area (Å²) in [6, 6.07) is 4.38. The van der Waals surface area contributed by atoms with E-state index >= 15 is 0 Å². The SMILES string of the molecule is Nc1ccc(N=Nc2ccn[nH]2)c([N+](=O)[O-])c1N. The third-order valence-electron chi connectivity index (χ3n) is 2.16. The first-order valence-electron chi connectivity index (χ1n) is 4.83. The van der Waals surface area contributed by atoms with Crippen LogP contribution >= 0.6 is 0 Å². The predicted molar refractivity (Wildman–Crippen MR) is 64.7 cm³/mol. The Morgan fingerprint density at radius 1 is 1.28 bits per heavy atom. The van der Waals surface area contributed by atoms with Crippen LogP contribution in [-0.4, -0.2) is 15.1 Å². The number of aromatic nitrogens is 2. The Balaban J connectivity index is 2.45. The number of hydrogen-bond acceptors (Lipinski definition) is 7. The van der Waals surface area contributed by atoms with Gasteiger partial charge in [-0.15, -0.1) is 10.2 Å². The summed E-state index contributed by atoms with van der Waals surface area (Å²) in [4.78, 5) is 10.3. The maximum atomic E-state index is 10.9. The predicted octanol–water partition coefficient (Wildman–Crippen LogP) is 1.90. The Hall–Kier alpha value is -2.97. The smallest absolute Gasteiger partial charge is 0.321 e. The first-order chi connectivity index (χ1) is 8.59. The van der Waals surface area contributed by atoms with Gasteiger partial charge in [-0.1, -0.05) is 0 Å². The van der Waals surface area contributed by atoms with E-state index in [0.29, 0.717) is 5.82 Å². The van der Waals surface area contributed by atoms with Gasteiger partial charge in [0.1, 0.15) is 5.69 Å². The summed E-state index contributed by atoms with van der Waals surface area (Å²) >= 11 is 0. The maximum absolute atomic E-state index is 10.9. The summed E-state index contributed by atoms with van der Waals surface area (Å²) in [5.41, 5.74) is 10.7. The lowest BCUT2D eigenvalue weighted by Gasteiger charge is -2.02. The van der Waals surface area contributed by atoms with Gasteiger partial charge in [0, 0.05) is 6.07 Å². The molecule has 1 heterocycles. The number of nitrogens with zero attached hydrogens (tertiary/aromatic N) is 4. The highest BCUT2D eigenvalue weighted by atomic mass is 16.6. The minimum absolute atomic E-state index is 0.0290. The Labute approximate surface area is 101 Å². The third-order valence-corrected chi connectivity index (χ3v) is 2.16. The van der Waals surface area contributed by atoms with Gasteiger partial charge in [0.05, 0.1) is 16.8 Å². The summed E-state index contributed by atoms with van der Waals surface area (Å²) in [6.45, 7) is 0. The first kappa shape index (κ1) is 11.5. The van der Waals surface area contributed by atoms with Crippen LogP contribution in [0.25, 0.3) is 0 Å². The van der Waals surface area contributed by atoms with E-state index in [4.69, 9.17) is 11.5 Å². The highest BCUT2D eigenvalue weighted by Gasteiger charge is 2.20. The fourth-order valence-corrected chi connectivity index (χ4v) is 1.30. The molecule has 0 aliphatic heterocycles. The average molecular weight is 247 g/mol. The maximum Gasteiger partial charge on any atom is 0.321 e. The zero-order valence-corrected chi connectivity index (χ0v) is 9.07. The molecule has 9 nitrogen and oxygen atoms in total. The first-order valence-corrected chi connectivity index (χ1v) is 4.83. The standard InChI is InChI=1S/C9H9N7O2/c10-5-1-2-6(9(8(5)11)16(17)18)13-15-7-3-4-12-14-7/h1-4H,10-11H2,(H,12,14). The van der Waals surface area contributed by atoms with Crippen molar-refractivity contribution in [3.05, 3.63) is 34.5 Å². The van der Waals surface area contributed by atoms with E-state index in [1.54, 1.807) is 6.07 Å². The summed E-state index contributed by atoms with van der Waals surface area (Å²) in [7, 11) is 0. The van der Waals surface area contributed by atoms with Gasteiger partial charge in [0.15, 0.2) is 11.5 Å². The van der Waals surface area contributed by atoms with E-state index in [1.165, 1.54) is 18.3 Å². The van der Waals surface area contributed by atoms with E-state index in [-0.39, 0.29) is 22.7 Å². The second-order valence-corrected chi connectivity index (χ2v) is 3.34. The summed E-state index contributed by atoms with van der Waals surface area (Å²) < 4.78 is 0. The monoisotopic (exact) mass is 247 g/mol. The number of nitrogen functional groups attached to an aromatic ring is 2. The molecule has 1 aromatic heterocycles. The second-order valence-electron chi connectivity index (χ2n) is 3.34. The lowest BCUT2D eigenvalue weighted by atomic mass is 10.2. The Kier molecular flexibility index (Phi) is 2.87. The number of nitrogens with two attached hydrogens (primary N) is 2. The van der Waals surface area contributed by atoms with Crippen molar-refractivity contribution in [1.29, 1.82) is 0 Å². The minimum atomic E-state index is -0.646. The largest absolute Gasteiger partial charge is 0.397 e. The Morgan fingerprint density at radius 3 is 2.67 bits per heavy atom. The van der Waals surface area contributed by atoms with Crippen LogP contribution in [0.4, 0.5) is 28.6 Å². The highest BCUT2D eigenvalue weighted by molar-refractivity contribution is 5.82. The lowest BCUT2D eigenvalue weighted by Crippen LogP contribution is -2.00. The van der Waals surface area contributed by atoms with Crippen molar-refractivity contribution in [1.82, 2.24) is 10.2 Å². The average Bonchev–Trinajstić information content (AvgIpc) is 2.83. The zero-order valence-electron chi connectivity index (χ0n) is 9.07. The normalized spacial score (nSPS) is 10.9. The van der Waals surface area contributed by atoms with Crippen molar-refractivity contribution in [2.45, 2.75) is 0 Å². The topological polar surface area (TPSA) is 149 Å². The van der Waals surface area contributed by atoms with Gasteiger partial charge in [0.2, 0.25) is 0 Å². The number of hydrogen-bond donors (Lipinski definition) is 3. The number of benzene rings is 1. The molecule has 0 bridgehead atoms.